The van der Waals surface area contributed by atoms with Gasteiger partial charge in [-0.05, 0) is 36.1 Å². The number of carbonyl (C=O) groups is 2. The van der Waals surface area contributed by atoms with Crippen LogP contribution in [0.1, 0.15) is 30.9 Å². The Hall–Kier alpha value is -2.86. The van der Waals surface area contributed by atoms with Crippen LogP contribution in [0.5, 0.6) is 0 Å². The van der Waals surface area contributed by atoms with Gasteiger partial charge in [-0.2, -0.15) is 0 Å². The second kappa shape index (κ2) is 7.52. The number of piperazine rings is 1. The highest BCUT2D eigenvalue weighted by molar-refractivity contribution is 5.79. The summed E-state index contributed by atoms with van der Waals surface area (Å²) in [4.78, 5) is 27.5. The smallest absolute Gasteiger partial charge is 0.410 e. The summed E-state index contributed by atoms with van der Waals surface area (Å²) in [6.07, 6.45) is -0.341. The highest BCUT2D eigenvalue weighted by Crippen LogP contribution is 2.44. The van der Waals surface area contributed by atoms with Gasteiger partial charge in [-0.1, -0.05) is 48.5 Å². The minimum atomic E-state index is -0.851. The molecule has 29 heavy (non-hydrogen) atoms. The van der Waals surface area contributed by atoms with Crippen molar-refractivity contribution < 1.29 is 19.4 Å². The van der Waals surface area contributed by atoms with Gasteiger partial charge < -0.3 is 14.7 Å². The number of nitrogens with zero attached hydrogens (tertiary/aromatic N) is 2. The maximum atomic E-state index is 12.9. The first-order chi connectivity index (χ1) is 13.9. The molecule has 152 valence electrons. The van der Waals surface area contributed by atoms with Gasteiger partial charge in [0.15, 0.2) is 0 Å². The van der Waals surface area contributed by atoms with Crippen molar-refractivity contribution in [1.82, 2.24) is 9.80 Å². The number of carboxylic acids is 1. The molecule has 1 saturated heterocycles. The van der Waals surface area contributed by atoms with Crippen LogP contribution in [0.3, 0.4) is 0 Å². The summed E-state index contributed by atoms with van der Waals surface area (Å²) in [5.41, 5.74) is 4.29. The van der Waals surface area contributed by atoms with Crippen LogP contribution in [0.2, 0.25) is 0 Å². The zero-order valence-corrected chi connectivity index (χ0v) is 16.8. The molecule has 0 radical (unpaired) electrons. The van der Waals surface area contributed by atoms with E-state index in [1.807, 2.05) is 43.0 Å². The summed E-state index contributed by atoms with van der Waals surface area (Å²) in [5.74, 6) is -0.821. The lowest BCUT2D eigenvalue weighted by Crippen LogP contribution is -2.61. The van der Waals surface area contributed by atoms with Crippen LogP contribution < -0.4 is 0 Å². The van der Waals surface area contributed by atoms with Gasteiger partial charge in [-0.15, -0.1) is 0 Å². The number of amides is 1. The number of carbonyl (C=O) groups excluding carboxylic acids is 1. The van der Waals surface area contributed by atoms with Crippen molar-refractivity contribution in [3.63, 3.8) is 0 Å². The van der Waals surface area contributed by atoms with E-state index in [0.29, 0.717) is 19.6 Å². The van der Waals surface area contributed by atoms with Crippen LogP contribution in [0, 0.1) is 0 Å². The summed E-state index contributed by atoms with van der Waals surface area (Å²) < 4.78 is 5.78. The first kappa shape index (κ1) is 19.5. The Bertz CT molecular complexity index is 894. The number of aliphatic carboxylic acids is 1. The summed E-state index contributed by atoms with van der Waals surface area (Å²) in [7, 11) is 0. The zero-order valence-electron chi connectivity index (χ0n) is 16.8. The fraction of sp³-hybridized carbons (Fsp3) is 0.391. The monoisotopic (exact) mass is 394 g/mol. The molecule has 1 aliphatic heterocycles. The Balaban J connectivity index is 1.46. The van der Waals surface area contributed by atoms with E-state index >= 15 is 0 Å². The summed E-state index contributed by atoms with van der Waals surface area (Å²) >= 11 is 0. The third kappa shape index (κ3) is 3.72. The summed E-state index contributed by atoms with van der Waals surface area (Å²) in [6, 6.07) is 16.5. The van der Waals surface area contributed by atoms with E-state index in [0.717, 1.165) is 0 Å². The maximum absolute atomic E-state index is 12.9. The number of benzene rings is 2. The first-order valence-electron chi connectivity index (χ1n) is 9.93. The first-order valence-corrected chi connectivity index (χ1v) is 9.93. The Morgan fingerprint density at radius 2 is 1.62 bits per heavy atom. The Morgan fingerprint density at radius 1 is 1.03 bits per heavy atom. The number of fused-ring (bicyclic) bond motifs is 3. The highest BCUT2D eigenvalue weighted by atomic mass is 16.6. The van der Waals surface area contributed by atoms with Gasteiger partial charge in [-0.25, -0.2) is 4.79 Å². The molecular formula is C23H26N2O4. The average molecular weight is 394 g/mol. The van der Waals surface area contributed by atoms with Crippen LogP contribution in [-0.2, 0) is 9.53 Å². The average Bonchev–Trinajstić information content (AvgIpc) is 2.99. The van der Waals surface area contributed by atoms with Crippen molar-refractivity contribution in [2.24, 2.45) is 0 Å². The minimum Gasteiger partial charge on any atom is -0.480 e. The Morgan fingerprint density at radius 3 is 2.17 bits per heavy atom. The minimum absolute atomic E-state index is 0.0119. The molecule has 2 aliphatic rings. The maximum Gasteiger partial charge on any atom is 0.410 e. The molecule has 2 aromatic rings. The van der Waals surface area contributed by atoms with Crippen molar-refractivity contribution in [1.29, 1.82) is 0 Å². The van der Waals surface area contributed by atoms with Crippen LogP contribution in [0.25, 0.3) is 11.1 Å². The predicted molar refractivity (Wildman–Crippen MR) is 110 cm³/mol. The molecule has 1 amide bonds. The molecule has 0 aromatic heterocycles. The Labute approximate surface area is 170 Å². The molecule has 0 spiro atoms. The van der Waals surface area contributed by atoms with E-state index < -0.39 is 11.5 Å². The van der Waals surface area contributed by atoms with E-state index in [1.54, 1.807) is 4.90 Å². The van der Waals surface area contributed by atoms with Gasteiger partial charge >= 0.3 is 12.1 Å². The second-order valence-electron chi connectivity index (χ2n) is 8.37. The van der Waals surface area contributed by atoms with Gasteiger partial charge in [0.25, 0.3) is 0 Å². The van der Waals surface area contributed by atoms with Gasteiger partial charge in [0.1, 0.15) is 6.61 Å². The van der Waals surface area contributed by atoms with Crippen molar-refractivity contribution in [2.45, 2.75) is 25.3 Å². The van der Waals surface area contributed by atoms with Gasteiger partial charge in [-0.3, -0.25) is 9.69 Å². The zero-order chi connectivity index (χ0) is 20.6. The standard InChI is InChI=1S/C23H26N2O4/c1-23(2)15-24(13-21(26)27)11-12-25(23)22(28)29-14-20-18-9-5-3-7-16(18)17-8-4-6-10-19(17)20/h3-10,20H,11-15H2,1-2H3,(H,26,27). The van der Waals surface area contributed by atoms with E-state index in [9.17, 15) is 9.59 Å². The molecule has 1 N–H and O–H groups in total. The van der Waals surface area contributed by atoms with Gasteiger partial charge in [0, 0.05) is 25.6 Å². The van der Waals surface area contributed by atoms with Crippen molar-refractivity contribution >= 4 is 12.1 Å². The summed E-state index contributed by atoms with van der Waals surface area (Å²) in [6.45, 7) is 5.66. The van der Waals surface area contributed by atoms with Crippen LogP contribution in [0.15, 0.2) is 48.5 Å². The molecule has 0 atom stereocenters. The molecule has 0 bridgehead atoms. The van der Waals surface area contributed by atoms with E-state index in [4.69, 9.17) is 9.84 Å². The molecule has 1 heterocycles. The topological polar surface area (TPSA) is 70.1 Å². The van der Waals surface area contributed by atoms with Crippen LogP contribution >= 0.6 is 0 Å². The van der Waals surface area contributed by atoms with Crippen molar-refractivity contribution in [3.05, 3.63) is 59.7 Å². The third-order valence-corrected chi connectivity index (χ3v) is 5.90. The highest BCUT2D eigenvalue weighted by Gasteiger charge is 2.39. The van der Waals surface area contributed by atoms with Crippen molar-refractivity contribution in [3.8, 4) is 11.1 Å². The third-order valence-electron chi connectivity index (χ3n) is 5.90. The lowest BCUT2D eigenvalue weighted by Gasteiger charge is -2.46. The van der Waals surface area contributed by atoms with Crippen molar-refractivity contribution in [2.75, 3.05) is 32.8 Å². The Kier molecular flexibility index (Phi) is 5.04. The molecule has 0 saturated carbocycles. The van der Waals surface area contributed by atoms with E-state index in [2.05, 4.69) is 24.3 Å². The molecular weight excluding hydrogens is 368 g/mol. The normalized spacial score (nSPS) is 18.2. The number of hydrogen-bond acceptors (Lipinski definition) is 4. The molecule has 6 heteroatoms. The number of carboxylic acid groups (broad SMARTS) is 1. The van der Waals surface area contributed by atoms with E-state index in [-0.39, 0.29) is 25.2 Å². The SMILES string of the molecule is CC1(C)CN(CC(=O)O)CCN1C(=O)OCC1c2ccccc2-c2ccccc21. The molecule has 1 fully saturated rings. The fourth-order valence-electron chi connectivity index (χ4n) is 4.59. The van der Waals surface area contributed by atoms with Crippen LogP contribution in [-0.4, -0.2) is 65.3 Å². The van der Waals surface area contributed by atoms with Gasteiger partial charge in [0.05, 0.1) is 12.1 Å². The van der Waals surface area contributed by atoms with E-state index in [1.165, 1.54) is 22.3 Å². The number of hydrogen-bond donors (Lipinski definition) is 1. The predicted octanol–water partition coefficient (Wildman–Crippen LogP) is 3.42. The number of rotatable bonds is 4. The lowest BCUT2D eigenvalue weighted by molar-refractivity contribution is -0.139. The molecule has 6 nitrogen and oxygen atoms in total. The largest absolute Gasteiger partial charge is 0.480 e. The molecule has 1 aliphatic carbocycles. The molecule has 4 rings (SSSR count). The lowest BCUT2D eigenvalue weighted by atomic mass is 9.98. The molecule has 0 unspecified atom stereocenters. The fourth-order valence-corrected chi connectivity index (χ4v) is 4.59. The molecule has 2 aromatic carbocycles. The summed E-state index contributed by atoms with van der Waals surface area (Å²) in [5, 5.41) is 9.03. The quantitative estimate of drug-likeness (QED) is 0.861. The number of ether oxygens (including phenoxy) is 1. The second-order valence-corrected chi connectivity index (χ2v) is 8.37. The van der Waals surface area contributed by atoms with Gasteiger partial charge in [0.2, 0.25) is 0 Å². The van der Waals surface area contributed by atoms with Crippen LogP contribution in [0.4, 0.5) is 4.79 Å².